The van der Waals surface area contributed by atoms with E-state index in [4.69, 9.17) is 5.73 Å². The second-order valence-electron chi connectivity index (χ2n) is 5.16. The molecule has 1 aromatic carbocycles. The van der Waals surface area contributed by atoms with Crippen molar-refractivity contribution in [2.45, 2.75) is 6.92 Å². The number of rotatable bonds is 3. The summed E-state index contributed by atoms with van der Waals surface area (Å²) in [4.78, 5) is 41.5. The number of nitrogens with zero attached hydrogens (tertiary/aromatic N) is 2. The number of aryl methyl sites for hydroxylation is 1. The zero-order valence-electron chi connectivity index (χ0n) is 12.4. The summed E-state index contributed by atoms with van der Waals surface area (Å²) in [5.74, 6) is -1.13. The maximum absolute atomic E-state index is 12.2. The van der Waals surface area contributed by atoms with E-state index in [2.05, 4.69) is 10.3 Å². The Kier molecular flexibility index (Phi) is 3.53. The molecule has 23 heavy (non-hydrogen) atoms. The molecular weight excluding hydrogens is 296 g/mol. The number of aromatic nitrogens is 1. The number of benzene rings is 1. The van der Waals surface area contributed by atoms with Gasteiger partial charge in [-0.05, 0) is 31.2 Å². The molecule has 0 atom stereocenters. The predicted molar refractivity (Wildman–Crippen MR) is 83.8 cm³/mol. The van der Waals surface area contributed by atoms with Gasteiger partial charge in [0.2, 0.25) is 5.91 Å². The molecule has 0 aliphatic carbocycles. The molecule has 3 amide bonds. The molecule has 2 aromatic rings. The summed E-state index contributed by atoms with van der Waals surface area (Å²) in [6, 6.07) is 9.67. The van der Waals surface area contributed by atoms with Gasteiger partial charge in [0, 0.05) is 0 Å². The number of imide groups is 1. The molecule has 7 heteroatoms. The first-order valence-corrected chi connectivity index (χ1v) is 6.95. The van der Waals surface area contributed by atoms with Gasteiger partial charge in [0.1, 0.15) is 12.4 Å². The zero-order valence-corrected chi connectivity index (χ0v) is 12.4. The van der Waals surface area contributed by atoms with Gasteiger partial charge >= 0.3 is 0 Å². The first kappa shape index (κ1) is 14.7. The number of carbonyl (C=O) groups is 3. The third-order valence-electron chi connectivity index (χ3n) is 3.57. The largest absolute Gasteiger partial charge is 0.397 e. The number of hydrogen-bond acceptors (Lipinski definition) is 5. The highest BCUT2D eigenvalue weighted by Crippen LogP contribution is 2.22. The van der Waals surface area contributed by atoms with Crippen molar-refractivity contribution in [2.75, 3.05) is 17.6 Å². The molecule has 0 fully saturated rings. The molecule has 116 valence electrons. The molecule has 0 spiro atoms. The lowest BCUT2D eigenvalue weighted by Crippen LogP contribution is -2.37. The van der Waals surface area contributed by atoms with E-state index in [0.717, 1.165) is 4.90 Å². The number of fused-ring (bicyclic) bond motifs is 1. The highest BCUT2D eigenvalue weighted by atomic mass is 16.2. The monoisotopic (exact) mass is 310 g/mol. The molecule has 0 bridgehead atoms. The summed E-state index contributed by atoms with van der Waals surface area (Å²) in [5.41, 5.74) is 7.39. The van der Waals surface area contributed by atoms with E-state index >= 15 is 0 Å². The van der Waals surface area contributed by atoms with Crippen LogP contribution in [0.1, 0.15) is 26.4 Å². The van der Waals surface area contributed by atoms with Gasteiger partial charge in [0.25, 0.3) is 11.8 Å². The molecule has 0 radical (unpaired) electrons. The first-order valence-electron chi connectivity index (χ1n) is 6.95. The van der Waals surface area contributed by atoms with E-state index in [0.29, 0.717) is 28.3 Å². The maximum atomic E-state index is 12.2. The van der Waals surface area contributed by atoms with Gasteiger partial charge in [-0.3, -0.25) is 19.3 Å². The van der Waals surface area contributed by atoms with Gasteiger partial charge in [0.15, 0.2) is 0 Å². The zero-order chi connectivity index (χ0) is 16.6. The SMILES string of the molecule is Cc1nc(NC(=O)CN2C(=O)c3ccccc3C2=O)ccc1N. The standard InChI is InChI=1S/C16H14N4O3/c1-9-12(17)6-7-13(18-9)19-14(21)8-20-15(22)10-4-2-3-5-11(10)16(20)23/h2-7H,8,17H2,1H3,(H,18,19,21). The second kappa shape index (κ2) is 5.53. The van der Waals surface area contributed by atoms with Crippen molar-refractivity contribution in [1.29, 1.82) is 0 Å². The second-order valence-corrected chi connectivity index (χ2v) is 5.16. The Hall–Kier alpha value is -3.22. The smallest absolute Gasteiger partial charge is 0.262 e. The van der Waals surface area contributed by atoms with Crippen LogP contribution in [-0.2, 0) is 4.79 Å². The number of nitrogens with one attached hydrogen (secondary N) is 1. The van der Waals surface area contributed by atoms with Crippen LogP contribution in [0.3, 0.4) is 0 Å². The molecule has 2 heterocycles. The van der Waals surface area contributed by atoms with Crippen LogP contribution in [0, 0.1) is 6.92 Å². The lowest BCUT2D eigenvalue weighted by atomic mass is 10.1. The lowest BCUT2D eigenvalue weighted by Gasteiger charge is -2.13. The molecule has 7 nitrogen and oxygen atoms in total. The van der Waals surface area contributed by atoms with Crippen LogP contribution in [0.25, 0.3) is 0 Å². The van der Waals surface area contributed by atoms with Crippen molar-refractivity contribution in [2.24, 2.45) is 0 Å². The quantitative estimate of drug-likeness (QED) is 0.829. The molecule has 0 unspecified atom stereocenters. The Morgan fingerprint density at radius 3 is 2.30 bits per heavy atom. The van der Waals surface area contributed by atoms with E-state index in [1.54, 1.807) is 43.3 Å². The summed E-state index contributed by atoms with van der Waals surface area (Å²) in [6.45, 7) is 1.35. The summed E-state index contributed by atoms with van der Waals surface area (Å²) in [5, 5.41) is 2.55. The lowest BCUT2D eigenvalue weighted by molar-refractivity contribution is -0.116. The summed E-state index contributed by atoms with van der Waals surface area (Å²) >= 11 is 0. The molecule has 3 N–H and O–H groups in total. The van der Waals surface area contributed by atoms with E-state index in [9.17, 15) is 14.4 Å². The third-order valence-corrected chi connectivity index (χ3v) is 3.57. The van der Waals surface area contributed by atoms with Crippen LogP contribution in [0.4, 0.5) is 11.5 Å². The number of carbonyl (C=O) groups excluding carboxylic acids is 3. The van der Waals surface area contributed by atoms with Crippen LogP contribution in [0.5, 0.6) is 0 Å². The fraction of sp³-hybridized carbons (Fsp3) is 0.125. The van der Waals surface area contributed by atoms with Crippen molar-refractivity contribution < 1.29 is 14.4 Å². The number of amides is 3. The number of anilines is 2. The normalized spacial score (nSPS) is 13.2. The highest BCUT2D eigenvalue weighted by Gasteiger charge is 2.36. The Balaban J connectivity index is 1.73. The number of pyridine rings is 1. The van der Waals surface area contributed by atoms with Gasteiger partial charge in [-0.2, -0.15) is 0 Å². The maximum Gasteiger partial charge on any atom is 0.262 e. The third kappa shape index (κ3) is 2.64. The van der Waals surface area contributed by atoms with Gasteiger partial charge in [0.05, 0.1) is 22.5 Å². The molecule has 1 aliphatic rings. The van der Waals surface area contributed by atoms with Crippen molar-refractivity contribution in [3.05, 3.63) is 53.2 Å². The number of nitrogen functional groups attached to an aromatic ring is 1. The van der Waals surface area contributed by atoms with Crippen molar-refractivity contribution in [3.8, 4) is 0 Å². The predicted octanol–water partition coefficient (Wildman–Crippen LogP) is 1.21. The Morgan fingerprint density at radius 1 is 1.13 bits per heavy atom. The van der Waals surface area contributed by atoms with Crippen molar-refractivity contribution in [1.82, 2.24) is 9.88 Å². The van der Waals surface area contributed by atoms with Crippen molar-refractivity contribution in [3.63, 3.8) is 0 Å². The first-order chi connectivity index (χ1) is 11.0. The van der Waals surface area contributed by atoms with Crippen LogP contribution in [0.2, 0.25) is 0 Å². The van der Waals surface area contributed by atoms with Crippen LogP contribution >= 0.6 is 0 Å². The summed E-state index contributed by atoms with van der Waals surface area (Å²) in [7, 11) is 0. The minimum atomic E-state index is -0.504. The topological polar surface area (TPSA) is 105 Å². The Morgan fingerprint density at radius 2 is 1.74 bits per heavy atom. The van der Waals surface area contributed by atoms with Crippen LogP contribution in [0.15, 0.2) is 36.4 Å². The minimum Gasteiger partial charge on any atom is -0.397 e. The molecule has 1 aromatic heterocycles. The molecule has 1 aliphatic heterocycles. The van der Waals surface area contributed by atoms with Gasteiger partial charge in [-0.1, -0.05) is 12.1 Å². The fourth-order valence-electron chi connectivity index (χ4n) is 2.35. The van der Waals surface area contributed by atoms with Crippen LogP contribution in [-0.4, -0.2) is 34.2 Å². The fourth-order valence-corrected chi connectivity index (χ4v) is 2.35. The van der Waals surface area contributed by atoms with E-state index < -0.39 is 17.7 Å². The number of hydrogen-bond donors (Lipinski definition) is 2. The van der Waals surface area contributed by atoms with E-state index in [1.165, 1.54) is 0 Å². The molecule has 3 rings (SSSR count). The molecule has 0 saturated carbocycles. The van der Waals surface area contributed by atoms with Gasteiger partial charge in [-0.25, -0.2) is 4.98 Å². The highest BCUT2D eigenvalue weighted by molar-refractivity contribution is 6.22. The summed E-state index contributed by atoms with van der Waals surface area (Å²) in [6.07, 6.45) is 0. The number of nitrogens with two attached hydrogens (primary N) is 1. The minimum absolute atomic E-state index is 0.312. The molecule has 0 saturated heterocycles. The van der Waals surface area contributed by atoms with Gasteiger partial charge < -0.3 is 11.1 Å². The van der Waals surface area contributed by atoms with E-state index in [1.807, 2.05) is 0 Å². The average molecular weight is 310 g/mol. The average Bonchev–Trinajstić information content (AvgIpc) is 2.76. The van der Waals surface area contributed by atoms with Crippen molar-refractivity contribution >= 4 is 29.2 Å². The van der Waals surface area contributed by atoms with E-state index in [-0.39, 0.29) is 6.54 Å². The van der Waals surface area contributed by atoms with Gasteiger partial charge in [-0.15, -0.1) is 0 Å². The molecular formula is C16H14N4O3. The Labute approximate surface area is 132 Å². The Bertz CT molecular complexity index is 797. The van der Waals surface area contributed by atoms with Crippen LogP contribution < -0.4 is 11.1 Å². The summed E-state index contributed by atoms with van der Waals surface area (Å²) < 4.78 is 0.